The number of hydrogen-bond donors (Lipinski definition) is 3. The molecular weight excluding hydrogens is 192 g/mol. The molecule has 0 radical (unpaired) electrons. The van der Waals surface area contributed by atoms with E-state index in [4.69, 9.17) is 0 Å². The molecule has 1 fully saturated rings. The monoisotopic (exact) mass is 214 g/mol. The van der Waals surface area contributed by atoms with Gasteiger partial charge >= 0.3 is 0 Å². The summed E-state index contributed by atoms with van der Waals surface area (Å²) in [6.07, 6.45) is 2.46. The average molecular weight is 214 g/mol. The van der Waals surface area contributed by atoms with Crippen LogP contribution in [0.3, 0.4) is 0 Å². The summed E-state index contributed by atoms with van der Waals surface area (Å²) in [6, 6.07) is 0.361. The fraction of sp³-hybridized carbons (Fsp3) is 0.909. The highest BCUT2D eigenvalue weighted by Gasteiger charge is 2.24. The quantitative estimate of drug-likeness (QED) is 0.615. The fourth-order valence-electron chi connectivity index (χ4n) is 1.59. The minimum Gasteiger partial charge on any atom is -0.396 e. The van der Waals surface area contributed by atoms with Gasteiger partial charge in [-0.15, -0.1) is 0 Å². The van der Waals surface area contributed by atoms with E-state index >= 15 is 0 Å². The molecule has 1 aliphatic heterocycles. The number of hydrogen-bond acceptors (Lipinski definition) is 3. The van der Waals surface area contributed by atoms with Crippen LogP contribution in [-0.4, -0.2) is 36.8 Å². The molecule has 2 unspecified atom stereocenters. The van der Waals surface area contributed by atoms with Gasteiger partial charge in [-0.1, -0.05) is 13.8 Å². The predicted octanol–water partition coefficient (Wildman–Crippen LogP) is 0.263. The van der Waals surface area contributed by atoms with E-state index in [9.17, 15) is 9.90 Å². The molecule has 1 rings (SSSR count). The SMILES string of the molecule is CCC(C)(CO)CNC1CCC(=O)NC1. The molecule has 15 heavy (non-hydrogen) atoms. The Morgan fingerprint density at radius 1 is 1.67 bits per heavy atom. The molecule has 0 saturated carbocycles. The topological polar surface area (TPSA) is 61.4 Å². The molecule has 0 bridgehead atoms. The van der Waals surface area contributed by atoms with Gasteiger partial charge in [-0.05, 0) is 12.8 Å². The van der Waals surface area contributed by atoms with Gasteiger partial charge in [0, 0.05) is 37.6 Å². The number of piperidine rings is 1. The lowest BCUT2D eigenvalue weighted by molar-refractivity contribution is -0.122. The molecular formula is C11H22N2O2. The van der Waals surface area contributed by atoms with Crippen molar-refractivity contribution < 1.29 is 9.90 Å². The molecule has 1 amide bonds. The molecule has 0 aliphatic carbocycles. The van der Waals surface area contributed by atoms with E-state index in [1.807, 2.05) is 0 Å². The van der Waals surface area contributed by atoms with Gasteiger partial charge in [-0.3, -0.25) is 4.79 Å². The van der Waals surface area contributed by atoms with Crippen LogP contribution in [0.1, 0.15) is 33.1 Å². The third-order valence-corrected chi connectivity index (χ3v) is 3.32. The lowest BCUT2D eigenvalue weighted by atomic mass is 9.88. The van der Waals surface area contributed by atoms with Gasteiger partial charge in [0.2, 0.25) is 5.91 Å². The Bertz CT molecular complexity index is 205. The van der Waals surface area contributed by atoms with E-state index in [-0.39, 0.29) is 17.9 Å². The van der Waals surface area contributed by atoms with Crippen LogP contribution in [0.5, 0.6) is 0 Å². The zero-order valence-electron chi connectivity index (χ0n) is 9.68. The smallest absolute Gasteiger partial charge is 0.220 e. The number of aliphatic hydroxyl groups is 1. The van der Waals surface area contributed by atoms with Gasteiger partial charge in [-0.2, -0.15) is 0 Å². The molecule has 3 N–H and O–H groups in total. The van der Waals surface area contributed by atoms with Crippen molar-refractivity contribution in [3.05, 3.63) is 0 Å². The Labute approximate surface area is 91.4 Å². The van der Waals surface area contributed by atoms with Crippen LogP contribution in [-0.2, 0) is 4.79 Å². The molecule has 0 aromatic heterocycles. The number of rotatable bonds is 5. The molecule has 4 heteroatoms. The molecule has 1 heterocycles. The molecule has 0 aromatic carbocycles. The summed E-state index contributed by atoms with van der Waals surface area (Å²) < 4.78 is 0. The Morgan fingerprint density at radius 2 is 2.40 bits per heavy atom. The van der Waals surface area contributed by atoms with Gasteiger partial charge in [0.05, 0.1) is 0 Å². The lowest BCUT2D eigenvalue weighted by Gasteiger charge is -2.30. The summed E-state index contributed by atoms with van der Waals surface area (Å²) in [7, 11) is 0. The number of carbonyl (C=O) groups is 1. The Balaban J connectivity index is 2.27. The van der Waals surface area contributed by atoms with Crippen molar-refractivity contribution >= 4 is 5.91 Å². The summed E-state index contributed by atoms with van der Waals surface area (Å²) in [5.74, 6) is 0.147. The third kappa shape index (κ3) is 3.80. The van der Waals surface area contributed by atoms with E-state index in [0.717, 1.165) is 19.4 Å². The number of aliphatic hydroxyl groups excluding tert-OH is 1. The Hall–Kier alpha value is -0.610. The largest absolute Gasteiger partial charge is 0.396 e. The first kappa shape index (κ1) is 12.5. The van der Waals surface area contributed by atoms with Crippen molar-refractivity contribution in [2.24, 2.45) is 5.41 Å². The second-order valence-corrected chi connectivity index (χ2v) is 4.74. The highest BCUT2D eigenvalue weighted by atomic mass is 16.3. The van der Waals surface area contributed by atoms with Gasteiger partial charge < -0.3 is 15.7 Å². The number of amides is 1. The van der Waals surface area contributed by atoms with Crippen molar-refractivity contribution in [1.82, 2.24) is 10.6 Å². The van der Waals surface area contributed by atoms with E-state index in [2.05, 4.69) is 24.5 Å². The second-order valence-electron chi connectivity index (χ2n) is 4.74. The van der Waals surface area contributed by atoms with Crippen molar-refractivity contribution in [3.8, 4) is 0 Å². The zero-order chi connectivity index (χ0) is 11.3. The molecule has 4 nitrogen and oxygen atoms in total. The van der Waals surface area contributed by atoms with Crippen LogP contribution in [0.4, 0.5) is 0 Å². The number of nitrogens with one attached hydrogen (secondary N) is 2. The predicted molar refractivity (Wildman–Crippen MR) is 59.5 cm³/mol. The van der Waals surface area contributed by atoms with Gasteiger partial charge in [0.15, 0.2) is 0 Å². The van der Waals surface area contributed by atoms with Crippen LogP contribution in [0.15, 0.2) is 0 Å². The summed E-state index contributed by atoms with van der Waals surface area (Å²) in [6.45, 7) is 5.88. The molecule has 0 aromatic rings. The van der Waals surface area contributed by atoms with Gasteiger partial charge in [-0.25, -0.2) is 0 Å². The Morgan fingerprint density at radius 3 is 2.87 bits per heavy atom. The summed E-state index contributed by atoms with van der Waals surface area (Å²) in [4.78, 5) is 10.9. The second kappa shape index (κ2) is 5.47. The third-order valence-electron chi connectivity index (χ3n) is 3.32. The average Bonchev–Trinajstić information content (AvgIpc) is 2.28. The van der Waals surface area contributed by atoms with E-state index in [1.165, 1.54) is 0 Å². The minimum atomic E-state index is -0.0402. The van der Waals surface area contributed by atoms with Crippen LogP contribution in [0, 0.1) is 5.41 Å². The van der Waals surface area contributed by atoms with E-state index in [0.29, 0.717) is 19.0 Å². The zero-order valence-corrected chi connectivity index (χ0v) is 9.68. The maximum Gasteiger partial charge on any atom is 0.220 e. The van der Waals surface area contributed by atoms with Crippen molar-refractivity contribution in [3.63, 3.8) is 0 Å². The maximum atomic E-state index is 10.9. The molecule has 88 valence electrons. The van der Waals surface area contributed by atoms with E-state index in [1.54, 1.807) is 0 Å². The molecule has 1 saturated heterocycles. The van der Waals surface area contributed by atoms with Gasteiger partial charge in [0.1, 0.15) is 0 Å². The van der Waals surface area contributed by atoms with Crippen molar-refractivity contribution in [1.29, 1.82) is 0 Å². The highest BCUT2D eigenvalue weighted by Crippen LogP contribution is 2.19. The summed E-state index contributed by atoms with van der Waals surface area (Å²) in [5.41, 5.74) is -0.0402. The molecule has 1 aliphatic rings. The fourth-order valence-corrected chi connectivity index (χ4v) is 1.59. The van der Waals surface area contributed by atoms with Crippen LogP contribution >= 0.6 is 0 Å². The molecule has 2 atom stereocenters. The van der Waals surface area contributed by atoms with Crippen molar-refractivity contribution in [2.75, 3.05) is 19.7 Å². The summed E-state index contributed by atoms with van der Waals surface area (Å²) in [5, 5.41) is 15.5. The number of carbonyl (C=O) groups excluding carboxylic acids is 1. The Kier molecular flexibility index (Phi) is 4.54. The van der Waals surface area contributed by atoms with Crippen molar-refractivity contribution in [2.45, 2.75) is 39.2 Å². The normalized spacial score (nSPS) is 25.8. The highest BCUT2D eigenvalue weighted by molar-refractivity contribution is 5.76. The van der Waals surface area contributed by atoms with Crippen LogP contribution in [0.25, 0.3) is 0 Å². The first-order valence-electron chi connectivity index (χ1n) is 5.70. The van der Waals surface area contributed by atoms with Crippen LogP contribution < -0.4 is 10.6 Å². The summed E-state index contributed by atoms with van der Waals surface area (Å²) >= 11 is 0. The van der Waals surface area contributed by atoms with Crippen LogP contribution in [0.2, 0.25) is 0 Å². The molecule has 0 spiro atoms. The minimum absolute atomic E-state index is 0.0402. The maximum absolute atomic E-state index is 10.9. The first-order valence-corrected chi connectivity index (χ1v) is 5.70. The van der Waals surface area contributed by atoms with E-state index < -0.39 is 0 Å². The standard InChI is InChI=1S/C11H22N2O2/c1-3-11(2,8-14)7-13-9-4-5-10(15)12-6-9/h9,13-14H,3-8H2,1-2H3,(H,12,15). The first-order chi connectivity index (χ1) is 7.09. The lowest BCUT2D eigenvalue weighted by Crippen LogP contribution is -2.48. The van der Waals surface area contributed by atoms with Gasteiger partial charge in [0.25, 0.3) is 0 Å².